The summed E-state index contributed by atoms with van der Waals surface area (Å²) in [6.07, 6.45) is 0.541. The Labute approximate surface area is 104 Å². The number of thioether (sulfide) groups is 1. The quantitative estimate of drug-likeness (QED) is 0.525. The van der Waals surface area contributed by atoms with Crippen LogP contribution in [0.3, 0.4) is 0 Å². The van der Waals surface area contributed by atoms with E-state index in [0.29, 0.717) is 18.8 Å². The van der Waals surface area contributed by atoms with Crippen LogP contribution in [0, 0.1) is 10.4 Å². The molecule has 2 unspecified atom stereocenters. The van der Waals surface area contributed by atoms with Gasteiger partial charge in [-0.05, 0) is 6.07 Å². The molecule has 0 aromatic heterocycles. The van der Waals surface area contributed by atoms with Gasteiger partial charge in [0.2, 0.25) is 0 Å². The molecule has 1 saturated heterocycles. The molecule has 0 radical (unpaired) electrons. The van der Waals surface area contributed by atoms with Gasteiger partial charge in [-0.15, -0.1) is 11.8 Å². The molecule has 4 nitrogen and oxygen atoms in total. The summed E-state index contributed by atoms with van der Waals surface area (Å²) < 4.78 is 5.63. The van der Waals surface area contributed by atoms with E-state index in [4.69, 9.17) is 4.74 Å². The molecule has 1 aromatic rings. The Morgan fingerprint density at radius 2 is 2.12 bits per heavy atom. The largest absolute Gasteiger partial charge is 0.631 e. The van der Waals surface area contributed by atoms with Crippen LogP contribution in [0.25, 0.3) is 0 Å². The maximum atomic E-state index is 12.0. The minimum Gasteiger partial charge on any atom is -0.631 e. The fraction of sp³-hybridized carbons (Fsp3) is 0.500. The first-order chi connectivity index (χ1) is 8.18. The highest BCUT2D eigenvalue weighted by molar-refractivity contribution is 7.99. The number of benzene rings is 1. The molecule has 0 amide bonds. The van der Waals surface area contributed by atoms with Crippen LogP contribution in [0.4, 0.5) is 0 Å². The monoisotopic (exact) mass is 252 g/mol. The standard InChI is InChI=1S/C12H14NO3S/c14-13(15)6-8-17-12-9-3-1-2-4-11(9)16-7-5-10(12)13/h1-4,10,12H,5-8H2/q-1. The number of para-hydroxylation sites is 1. The molecule has 3 rings (SSSR count). The average molecular weight is 252 g/mol. The van der Waals surface area contributed by atoms with Crippen molar-refractivity contribution in [3.05, 3.63) is 40.2 Å². The molecular weight excluding hydrogens is 238 g/mol. The van der Waals surface area contributed by atoms with Gasteiger partial charge >= 0.3 is 0 Å². The molecule has 1 aromatic carbocycles. The van der Waals surface area contributed by atoms with E-state index < -0.39 is 10.9 Å². The fourth-order valence-electron chi connectivity index (χ4n) is 2.57. The van der Waals surface area contributed by atoms with Crippen molar-refractivity contribution in [2.75, 3.05) is 18.9 Å². The van der Waals surface area contributed by atoms with Crippen LogP contribution in [-0.4, -0.2) is 29.8 Å². The van der Waals surface area contributed by atoms with Crippen molar-refractivity contribution in [2.45, 2.75) is 17.7 Å². The van der Waals surface area contributed by atoms with E-state index in [1.807, 2.05) is 24.3 Å². The highest BCUT2D eigenvalue weighted by atomic mass is 32.2. The Balaban J connectivity index is 2.03. The molecule has 0 aliphatic carbocycles. The molecule has 2 atom stereocenters. The van der Waals surface area contributed by atoms with Crippen molar-refractivity contribution in [1.82, 2.24) is 0 Å². The van der Waals surface area contributed by atoms with Gasteiger partial charge < -0.3 is 20.0 Å². The number of nitrogens with zero attached hydrogens (tertiary/aromatic N) is 1. The van der Waals surface area contributed by atoms with Crippen LogP contribution in [0.1, 0.15) is 17.2 Å². The SMILES string of the molecule is [O-][N+]1([O-])CCSC2c3ccccc3OCCC21. The topological polar surface area (TPSA) is 55.3 Å². The third-order valence-corrected chi connectivity index (χ3v) is 4.80. The van der Waals surface area contributed by atoms with Gasteiger partial charge in [-0.2, -0.15) is 0 Å². The van der Waals surface area contributed by atoms with Crippen LogP contribution in [0.5, 0.6) is 5.75 Å². The van der Waals surface area contributed by atoms with Crippen LogP contribution in [0.15, 0.2) is 24.3 Å². The third kappa shape index (κ3) is 1.93. The predicted octanol–water partition coefficient (Wildman–Crippen LogP) is 2.44. The first-order valence-corrected chi connectivity index (χ1v) is 6.86. The van der Waals surface area contributed by atoms with E-state index in [0.717, 1.165) is 11.3 Å². The third-order valence-electron chi connectivity index (χ3n) is 3.45. The van der Waals surface area contributed by atoms with Crippen LogP contribution in [-0.2, 0) is 0 Å². The number of fused-ring (bicyclic) bond motifs is 3. The lowest BCUT2D eigenvalue weighted by Crippen LogP contribution is -2.52. The zero-order valence-electron chi connectivity index (χ0n) is 9.37. The van der Waals surface area contributed by atoms with Crippen molar-refractivity contribution in [2.24, 2.45) is 0 Å². The molecule has 2 heterocycles. The lowest BCUT2D eigenvalue weighted by Gasteiger charge is -2.57. The van der Waals surface area contributed by atoms with Gasteiger partial charge in [0.1, 0.15) is 11.8 Å². The molecule has 5 heteroatoms. The smallest absolute Gasteiger partial charge is 0.123 e. The first-order valence-electron chi connectivity index (χ1n) is 5.81. The lowest BCUT2D eigenvalue weighted by atomic mass is 10.0. The summed E-state index contributed by atoms with van der Waals surface area (Å²) in [5.74, 6) is 1.46. The summed E-state index contributed by atoms with van der Waals surface area (Å²) >= 11 is 1.71. The summed E-state index contributed by atoms with van der Waals surface area (Å²) in [5, 5.41) is 23.9. The van der Waals surface area contributed by atoms with Gasteiger partial charge in [-0.25, -0.2) is 0 Å². The van der Waals surface area contributed by atoms with Crippen molar-refractivity contribution in [1.29, 1.82) is 0 Å². The Hall–Kier alpha value is -0.750. The maximum Gasteiger partial charge on any atom is 0.123 e. The zero-order valence-corrected chi connectivity index (χ0v) is 10.2. The second-order valence-corrected chi connectivity index (χ2v) is 5.73. The molecule has 92 valence electrons. The van der Waals surface area contributed by atoms with Gasteiger partial charge in [0.15, 0.2) is 0 Å². The van der Waals surface area contributed by atoms with E-state index >= 15 is 0 Å². The van der Waals surface area contributed by atoms with E-state index in [2.05, 4.69) is 0 Å². The predicted molar refractivity (Wildman–Crippen MR) is 67.4 cm³/mol. The number of rotatable bonds is 0. The number of hydroxylamine groups is 4. The first kappa shape index (κ1) is 11.3. The second-order valence-electron chi connectivity index (χ2n) is 4.48. The van der Waals surface area contributed by atoms with Crippen LogP contribution < -0.4 is 4.74 Å². The Morgan fingerprint density at radius 1 is 1.29 bits per heavy atom. The molecule has 0 bridgehead atoms. The summed E-state index contributed by atoms with van der Waals surface area (Å²) in [7, 11) is 0. The van der Waals surface area contributed by atoms with Crippen LogP contribution in [0.2, 0.25) is 0 Å². The average Bonchev–Trinajstić information content (AvgIpc) is 2.49. The van der Waals surface area contributed by atoms with Gasteiger partial charge in [-0.1, -0.05) is 18.2 Å². The van der Waals surface area contributed by atoms with Crippen molar-refractivity contribution in [3.8, 4) is 5.75 Å². The molecule has 2 aliphatic heterocycles. The normalized spacial score (nSPS) is 30.7. The van der Waals surface area contributed by atoms with Gasteiger partial charge in [0.05, 0.1) is 18.4 Å². The number of hydrogen-bond donors (Lipinski definition) is 0. The summed E-state index contributed by atoms with van der Waals surface area (Å²) in [5.41, 5.74) is 1.01. The van der Waals surface area contributed by atoms with Crippen molar-refractivity contribution in [3.63, 3.8) is 0 Å². The van der Waals surface area contributed by atoms with E-state index in [-0.39, 0.29) is 11.8 Å². The molecule has 17 heavy (non-hydrogen) atoms. The van der Waals surface area contributed by atoms with Crippen molar-refractivity contribution >= 4 is 11.8 Å². The molecule has 2 aliphatic rings. The molecule has 1 fully saturated rings. The van der Waals surface area contributed by atoms with E-state index in [1.54, 1.807) is 11.8 Å². The minimum absolute atomic E-state index is 0.0163. The van der Waals surface area contributed by atoms with Gasteiger partial charge in [-0.3, -0.25) is 0 Å². The van der Waals surface area contributed by atoms with Crippen LogP contribution >= 0.6 is 11.8 Å². The number of ether oxygens (including phenoxy) is 1. The highest BCUT2D eigenvalue weighted by Gasteiger charge is 2.39. The van der Waals surface area contributed by atoms with Gasteiger partial charge in [0.25, 0.3) is 0 Å². The Kier molecular flexibility index (Phi) is 2.78. The summed E-state index contributed by atoms with van der Waals surface area (Å²) in [6.45, 7) is 0.622. The van der Waals surface area contributed by atoms with Crippen molar-refractivity contribution < 1.29 is 9.55 Å². The maximum absolute atomic E-state index is 12.0. The Morgan fingerprint density at radius 3 is 3.00 bits per heavy atom. The summed E-state index contributed by atoms with van der Waals surface area (Å²) in [6, 6.07) is 7.32. The summed E-state index contributed by atoms with van der Waals surface area (Å²) in [4.78, 5) is -1.37. The molecule has 0 N–H and O–H groups in total. The Bertz CT molecular complexity index is 424. The zero-order chi connectivity index (χ0) is 11.9. The van der Waals surface area contributed by atoms with E-state index in [1.165, 1.54) is 0 Å². The molecule has 0 saturated carbocycles. The lowest BCUT2D eigenvalue weighted by molar-refractivity contribution is -0.856. The number of quaternary nitrogens is 1. The minimum atomic E-state index is -1.37. The number of hydrogen-bond acceptors (Lipinski definition) is 4. The van der Waals surface area contributed by atoms with Gasteiger partial charge in [0, 0.05) is 17.7 Å². The second kappa shape index (κ2) is 4.17. The molecule has 0 spiro atoms. The van der Waals surface area contributed by atoms with E-state index in [9.17, 15) is 10.4 Å². The molecular formula is C12H14NO3S-. The fourth-order valence-corrected chi connectivity index (χ4v) is 4.10. The highest BCUT2D eigenvalue weighted by Crippen LogP contribution is 2.46.